The van der Waals surface area contributed by atoms with Crippen LogP contribution in [0.4, 0.5) is 5.82 Å². The lowest BCUT2D eigenvalue weighted by molar-refractivity contribution is -0.0663. The van der Waals surface area contributed by atoms with Gasteiger partial charge >= 0.3 is 7.82 Å². The number of hydrogen-bond acceptors (Lipinski definition) is 8. The van der Waals surface area contributed by atoms with Crippen LogP contribution < -0.4 is 5.73 Å². The minimum absolute atomic E-state index is 0.137. The van der Waals surface area contributed by atoms with E-state index in [1.165, 1.54) is 6.33 Å². The van der Waals surface area contributed by atoms with Crippen LogP contribution in [0.5, 0.6) is 0 Å². The third-order valence-corrected chi connectivity index (χ3v) is 4.77. The fourth-order valence-corrected chi connectivity index (χ4v) is 3.73. The number of phosphoric ester groups is 1. The summed E-state index contributed by atoms with van der Waals surface area (Å²) in [6, 6.07) is 1.71. The number of nitrogens with zero attached hydrogens (tertiary/aromatic N) is 3. The van der Waals surface area contributed by atoms with Crippen LogP contribution in [0.1, 0.15) is 6.23 Å². The van der Waals surface area contributed by atoms with E-state index in [0.29, 0.717) is 16.9 Å². The van der Waals surface area contributed by atoms with Gasteiger partial charge in [-0.25, -0.2) is 14.5 Å². The Bertz CT molecular complexity index is 781. The number of aromatic nitrogens is 3. The van der Waals surface area contributed by atoms with Crippen molar-refractivity contribution >= 4 is 24.7 Å². The molecule has 2 aliphatic rings. The summed E-state index contributed by atoms with van der Waals surface area (Å²) in [4.78, 5) is 17.4. The molecule has 2 fully saturated rings. The summed E-state index contributed by atoms with van der Waals surface area (Å²) >= 11 is 0. The first-order chi connectivity index (χ1) is 10.5. The lowest BCUT2D eigenvalue weighted by Crippen LogP contribution is -2.39. The van der Waals surface area contributed by atoms with Crippen molar-refractivity contribution in [2.24, 2.45) is 0 Å². The van der Waals surface area contributed by atoms with Crippen molar-refractivity contribution in [2.45, 2.75) is 24.5 Å². The van der Waals surface area contributed by atoms with Gasteiger partial charge < -0.3 is 25.0 Å². The molecule has 0 aliphatic carbocycles. The summed E-state index contributed by atoms with van der Waals surface area (Å²) in [6.07, 6.45) is -0.619. The molecule has 11 heteroatoms. The van der Waals surface area contributed by atoms with Gasteiger partial charge in [-0.3, -0.25) is 9.05 Å². The highest BCUT2D eigenvalue weighted by Crippen LogP contribution is 2.52. The van der Waals surface area contributed by atoms with Gasteiger partial charge in [0.25, 0.3) is 0 Å². The molecular formula is C11H13N4O6P. The summed E-state index contributed by atoms with van der Waals surface area (Å²) in [5.74, 6) is 0.313. The first-order valence-electron chi connectivity index (χ1n) is 6.52. The van der Waals surface area contributed by atoms with E-state index in [9.17, 15) is 14.6 Å². The van der Waals surface area contributed by atoms with Crippen molar-refractivity contribution in [2.75, 3.05) is 12.3 Å². The molecule has 0 saturated carbocycles. The highest BCUT2D eigenvalue weighted by molar-refractivity contribution is 7.47. The lowest BCUT2D eigenvalue weighted by Gasteiger charge is -2.27. The molecule has 0 amide bonds. The average molecular weight is 328 g/mol. The van der Waals surface area contributed by atoms with Crippen LogP contribution in [0.25, 0.3) is 11.0 Å². The Morgan fingerprint density at radius 3 is 3.09 bits per heavy atom. The molecule has 0 bridgehead atoms. The zero-order chi connectivity index (χ0) is 15.5. The molecule has 4 heterocycles. The van der Waals surface area contributed by atoms with Crippen LogP contribution in [0.3, 0.4) is 0 Å². The molecule has 10 nitrogen and oxygen atoms in total. The molecule has 1 unspecified atom stereocenters. The Morgan fingerprint density at radius 2 is 2.27 bits per heavy atom. The van der Waals surface area contributed by atoms with Gasteiger partial charge in [0.2, 0.25) is 0 Å². The molecule has 4 rings (SSSR count). The van der Waals surface area contributed by atoms with E-state index in [1.807, 2.05) is 0 Å². The van der Waals surface area contributed by atoms with Crippen LogP contribution in [-0.2, 0) is 18.3 Å². The molecule has 22 heavy (non-hydrogen) atoms. The highest BCUT2D eigenvalue weighted by Gasteiger charge is 2.52. The number of rotatable bonds is 1. The summed E-state index contributed by atoms with van der Waals surface area (Å²) in [7, 11) is -4.15. The quantitative estimate of drug-likeness (QED) is 0.606. The lowest BCUT2D eigenvalue weighted by atomic mass is 10.1. The first kappa shape index (κ1) is 14.1. The highest BCUT2D eigenvalue weighted by atomic mass is 31.2. The molecule has 2 aliphatic heterocycles. The van der Waals surface area contributed by atoms with E-state index in [0.717, 1.165) is 0 Å². The summed E-state index contributed by atoms with van der Waals surface area (Å²) in [5.41, 5.74) is 6.26. The number of nitrogen functional groups attached to an aromatic ring is 1. The molecule has 2 aromatic rings. The number of nitrogens with two attached hydrogens (primary N) is 1. The second-order valence-electron chi connectivity index (χ2n) is 5.11. The topological polar surface area (TPSA) is 142 Å². The maximum atomic E-state index is 11.5. The van der Waals surface area contributed by atoms with Crippen LogP contribution in [-0.4, -0.2) is 49.5 Å². The normalized spacial score (nSPS) is 38.3. The Labute approximate surface area is 124 Å². The molecule has 4 N–H and O–H groups in total. The maximum absolute atomic E-state index is 11.5. The molecule has 0 aromatic carbocycles. The van der Waals surface area contributed by atoms with Crippen LogP contribution in [0, 0.1) is 0 Å². The average Bonchev–Trinajstić information content (AvgIpc) is 3.01. The third-order valence-electron chi connectivity index (χ3n) is 3.78. The van der Waals surface area contributed by atoms with Gasteiger partial charge in [-0.2, -0.15) is 0 Å². The molecule has 0 spiro atoms. The van der Waals surface area contributed by atoms with E-state index in [1.54, 1.807) is 16.8 Å². The fourth-order valence-electron chi connectivity index (χ4n) is 2.76. The standard InChI is InChI=1S/C11H13N4O6P/c12-9-5-1-2-15(10(5)14-4-13-9)11-7(16)8-6(20-11)3-19-22(17,18)21-8/h1-2,4,6-8,11,16H,3H2,(H,17,18)(H2,12,13,14)/t6-,7+,8-,11-/m0/s1. The van der Waals surface area contributed by atoms with E-state index in [4.69, 9.17) is 19.5 Å². The van der Waals surface area contributed by atoms with Crippen molar-refractivity contribution in [3.05, 3.63) is 18.6 Å². The third kappa shape index (κ3) is 2.04. The predicted molar refractivity (Wildman–Crippen MR) is 72.5 cm³/mol. The molecule has 2 saturated heterocycles. The van der Waals surface area contributed by atoms with Crippen molar-refractivity contribution in [3.8, 4) is 0 Å². The number of anilines is 1. The molecule has 118 valence electrons. The second kappa shape index (κ2) is 4.72. The number of ether oxygens (including phenoxy) is 1. The first-order valence-corrected chi connectivity index (χ1v) is 8.02. The Morgan fingerprint density at radius 1 is 1.45 bits per heavy atom. The molecular weight excluding hydrogens is 315 g/mol. The smallest absolute Gasteiger partial charge is 0.386 e. The number of fused-ring (bicyclic) bond motifs is 2. The van der Waals surface area contributed by atoms with Crippen LogP contribution in [0.2, 0.25) is 0 Å². The van der Waals surface area contributed by atoms with Crippen LogP contribution in [0.15, 0.2) is 18.6 Å². The molecule has 5 atom stereocenters. The van der Waals surface area contributed by atoms with E-state index in [-0.39, 0.29) is 6.61 Å². The zero-order valence-electron chi connectivity index (χ0n) is 11.1. The van der Waals surface area contributed by atoms with Gasteiger partial charge in [0.15, 0.2) is 6.23 Å². The largest absolute Gasteiger partial charge is 0.472 e. The number of phosphoric acid groups is 1. The van der Waals surface area contributed by atoms with Crippen molar-refractivity contribution in [3.63, 3.8) is 0 Å². The Balaban J connectivity index is 1.71. The van der Waals surface area contributed by atoms with Gasteiger partial charge in [0, 0.05) is 6.20 Å². The SMILES string of the molecule is Nc1ncnc2c1ccn2[C@H]1O[C@H]2COP(=O)(O)O[C@@H]2[C@H]1O. The number of hydrogen-bond donors (Lipinski definition) is 3. The van der Waals surface area contributed by atoms with Gasteiger partial charge in [0.05, 0.1) is 12.0 Å². The van der Waals surface area contributed by atoms with E-state index in [2.05, 4.69) is 9.97 Å². The van der Waals surface area contributed by atoms with Crippen LogP contribution >= 0.6 is 7.82 Å². The van der Waals surface area contributed by atoms with Crippen molar-refractivity contribution in [1.82, 2.24) is 14.5 Å². The maximum Gasteiger partial charge on any atom is 0.472 e. The molecule has 2 aromatic heterocycles. The summed E-state index contributed by atoms with van der Waals surface area (Å²) < 4.78 is 28.4. The van der Waals surface area contributed by atoms with E-state index >= 15 is 0 Å². The number of aliphatic hydroxyl groups is 1. The molecule has 0 radical (unpaired) electrons. The van der Waals surface area contributed by atoms with Crippen molar-refractivity contribution < 1.29 is 28.3 Å². The summed E-state index contributed by atoms with van der Waals surface area (Å²) in [5, 5.41) is 11.0. The van der Waals surface area contributed by atoms with Crippen molar-refractivity contribution in [1.29, 1.82) is 0 Å². The van der Waals surface area contributed by atoms with Gasteiger partial charge in [-0.1, -0.05) is 0 Å². The monoisotopic (exact) mass is 328 g/mol. The van der Waals surface area contributed by atoms with Gasteiger partial charge in [-0.15, -0.1) is 0 Å². The Kier molecular flexibility index (Phi) is 3.02. The minimum atomic E-state index is -4.15. The zero-order valence-corrected chi connectivity index (χ0v) is 12.0. The van der Waals surface area contributed by atoms with Gasteiger partial charge in [0.1, 0.15) is 36.1 Å². The van der Waals surface area contributed by atoms with E-state index < -0.39 is 32.4 Å². The second-order valence-corrected chi connectivity index (χ2v) is 6.52. The minimum Gasteiger partial charge on any atom is -0.386 e. The summed E-state index contributed by atoms with van der Waals surface area (Å²) in [6.45, 7) is -0.137. The predicted octanol–water partition coefficient (Wildman–Crippen LogP) is -0.212. The number of aliphatic hydroxyl groups excluding tert-OH is 1. The fraction of sp³-hybridized carbons (Fsp3) is 0.455. The Hall–Kier alpha value is -1.55. The van der Waals surface area contributed by atoms with Gasteiger partial charge in [-0.05, 0) is 6.07 Å².